The second-order valence-corrected chi connectivity index (χ2v) is 5.00. The van der Waals surface area contributed by atoms with E-state index in [0.29, 0.717) is 0 Å². The molecule has 21 heavy (non-hydrogen) atoms. The van der Waals surface area contributed by atoms with Gasteiger partial charge in [0.1, 0.15) is 5.82 Å². The Bertz CT molecular complexity index is 892. The van der Waals surface area contributed by atoms with E-state index in [9.17, 15) is 0 Å². The smallest absolute Gasteiger partial charge is 0.137 e. The van der Waals surface area contributed by atoms with Crippen molar-refractivity contribution in [3.63, 3.8) is 0 Å². The first-order chi connectivity index (χ1) is 10.4. The van der Waals surface area contributed by atoms with Crippen LogP contribution in [-0.4, -0.2) is 9.97 Å². The van der Waals surface area contributed by atoms with Crippen LogP contribution in [0.2, 0.25) is 0 Å². The molecule has 0 saturated carbocycles. The quantitative estimate of drug-likeness (QED) is 0.561. The van der Waals surface area contributed by atoms with Crippen molar-refractivity contribution in [1.29, 1.82) is 0 Å². The summed E-state index contributed by atoms with van der Waals surface area (Å²) < 4.78 is 0. The minimum absolute atomic E-state index is 0.882. The lowest BCUT2D eigenvalue weighted by Crippen LogP contribution is -1.81. The third kappa shape index (κ3) is 2.21. The summed E-state index contributed by atoms with van der Waals surface area (Å²) in [6, 6.07) is 25.6. The molecule has 0 amide bonds. The number of hydrogen-bond acceptors (Lipinski definition) is 1. The van der Waals surface area contributed by atoms with E-state index in [1.165, 1.54) is 10.8 Å². The number of nitrogens with one attached hydrogen (secondary N) is 1. The summed E-state index contributed by atoms with van der Waals surface area (Å²) in [6.07, 6.45) is 1.89. The lowest BCUT2D eigenvalue weighted by Gasteiger charge is -2.01. The van der Waals surface area contributed by atoms with Crippen LogP contribution in [0.4, 0.5) is 0 Å². The maximum Gasteiger partial charge on any atom is 0.137 e. The average molecular weight is 269 g/mol. The van der Waals surface area contributed by atoms with Gasteiger partial charge in [0.05, 0.1) is 11.9 Å². The largest absolute Gasteiger partial charge is 0.338 e. The Kier molecular flexibility index (Phi) is 2.79. The first-order valence-corrected chi connectivity index (χ1v) is 6.91. The van der Waals surface area contributed by atoms with E-state index in [1.807, 2.05) is 30.5 Å². The van der Waals surface area contributed by atoms with E-state index in [1.54, 1.807) is 0 Å². The summed E-state index contributed by atoms with van der Waals surface area (Å²) in [6.45, 7) is 0. The van der Waals surface area contributed by atoms with Gasteiger partial charge in [-0.2, -0.15) is 0 Å². The Balaban J connectivity index is 1.77. The molecule has 0 spiro atoms. The van der Waals surface area contributed by atoms with Crippen molar-refractivity contribution in [1.82, 2.24) is 9.97 Å². The van der Waals surface area contributed by atoms with Gasteiger partial charge >= 0.3 is 0 Å². The molecule has 4 rings (SSSR count). The van der Waals surface area contributed by atoms with Crippen LogP contribution in [0.15, 0.2) is 72.9 Å². The lowest BCUT2D eigenvalue weighted by molar-refractivity contribution is 1.31. The molecule has 0 aliphatic heterocycles. The molecule has 0 fully saturated rings. The molecule has 99 valence electrons. The van der Waals surface area contributed by atoms with Crippen LogP contribution < -0.4 is 0 Å². The van der Waals surface area contributed by atoms with E-state index >= 15 is 0 Å². The molecule has 0 aliphatic carbocycles. The topological polar surface area (TPSA) is 28.7 Å². The fourth-order valence-electron chi connectivity index (χ4n) is 2.52. The zero-order valence-corrected chi connectivity index (χ0v) is 11.4. The molecule has 0 saturated heterocycles. The van der Waals surface area contributed by atoms with Crippen LogP contribution in [-0.2, 0) is 0 Å². The first kappa shape index (κ1) is 11.9. The monoisotopic (exact) mass is 269 g/mol. The average Bonchev–Trinajstić information content (AvgIpc) is 3.05. The number of aromatic nitrogens is 2. The second-order valence-electron chi connectivity index (χ2n) is 5.00. The van der Waals surface area contributed by atoms with Crippen LogP contribution in [0.1, 0.15) is 0 Å². The van der Waals surface area contributed by atoms with Gasteiger partial charge in [-0.05, 0) is 22.9 Å². The second kappa shape index (κ2) is 4.91. The number of hydrogen-bond donors (Lipinski definition) is 1. The molecule has 0 atom stereocenters. The van der Waals surface area contributed by atoms with Crippen molar-refractivity contribution in [3.05, 3.63) is 79.0 Å². The Morgan fingerprint density at radius 1 is 0.810 bits per heavy atom. The summed E-state index contributed by atoms with van der Waals surface area (Å²) in [5, 5.41) is 2.49. The summed E-state index contributed by atoms with van der Waals surface area (Å²) in [5.74, 6) is 0.882. The fourth-order valence-corrected chi connectivity index (χ4v) is 2.52. The fraction of sp³-hybridized carbons (Fsp3) is 0. The number of nitrogens with zero attached hydrogens (tertiary/aromatic N) is 1. The highest BCUT2D eigenvalue weighted by Crippen LogP contribution is 2.25. The summed E-state index contributed by atoms with van der Waals surface area (Å²) >= 11 is 0. The molecule has 1 heterocycles. The minimum atomic E-state index is 0.882. The van der Waals surface area contributed by atoms with E-state index in [2.05, 4.69) is 58.5 Å². The molecule has 1 radical (unpaired) electrons. The predicted octanol–water partition coefficient (Wildman–Crippen LogP) is 4.70. The van der Waals surface area contributed by atoms with Crippen molar-refractivity contribution >= 4 is 10.8 Å². The molecular weight excluding hydrogens is 256 g/mol. The summed E-state index contributed by atoms with van der Waals surface area (Å²) in [5.41, 5.74) is 3.25. The highest BCUT2D eigenvalue weighted by Gasteiger charge is 2.05. The maximum atomic E-state index is 4.47. The van der Waals surface area contributed by atoms with Gasteiger partial charge in [0.25, 0.3) is 0 Å². The Hall–Kier alpha value is -2.87. The number of benzene rings is 3. The molecule has 1 N–H and O–H groups in total. The molecule has 4 aromatic rings. The normalized spacial score (nSPS) is 10.9. The zero-order valence-electron chi connectivity index (χ0n) is 11.4. The molecule has 3 aromatic carbocycles. The third-order valence-corrected chi connectivity index (χ3v) is 3.63. The summed E-state index contributed by atoms with van der Waals surface area (Å²) in [7, 11) is 0. The van der Waals surface area contributed by atoms with Crippen molar-refractivity contribution in [2.45, 2.75) is 0 Å². The SMILES string of the molecule is [c]1ccc(-c2ncc(-c3ccc4ccccc4c3)[nH]2)cc1. The van der Waals surface area contributed by atoms with Gasteiger partial charge in [0.15, 0.2) is 0 Å². The Morgan fingerprint density at radius 2 is 1.62 bits per heavy atom. The number of aromatic amines is 1. The van der Waals surface area contributed by atoms with Crippen molar-refractivity contribution in [3.8, 4) is 22.6 Å². The molecule has 1 aromatic heterocycles. The minimum Gasteiger partial charge on any atom is -0.338 e. The van der Waals surface area contributed by atoms with Crippen molar-refractivity contribution in [2.24, 2.45) is 0 Å². The third-order valence-electron chi connectivity index (χ3n) is 3.63. The molecule has 0 aliphatic rings. The Morgan fingerprint density at radius 3 is 2.48 bits per heavy atom. The van der Waals surface area contributed by atoms with Gasteiger partial charge in [-0.1, -0.05) is 60.7 Å². The van der Waals surface area contributed by atoms with Crippen LogP contribution in [0, 0.1) is 6.07 Å². The van der Waals surface area contributed by atoms with Gasteiger partial charge in [-0.25, -0.2) is 4.98 Å². The highest BCUT2D eigenvalue weighted by molar-refractivity contribution is 5.86. The number of rotatable bonds is 2. The molecule has 0 bridgehead atoms. The van der Waals surface area contributed by atoms with Gasteiger partial charge < -0.3 is 4.98 Å². The van der Waals surface area contributed by atoms with Crippen molar-refractivity contribution in [2.75, 3.05) is 0 Å². The van der Waals surface area contributed by atoms with Crippen LogP contribution >= 0.6 is 0 Å². The molecule has 2 nitrogen and oxygen atoms in total. The van der Waals surface area contributed by atoms with E-state index in [4.69, 9.17) is 0 Å². The van der Waals surface area contributed by atoms with Gasteiger partial charge in [-0.3, -0.25) is 0 Å². The molecule has 2 heteroatoms. The van der Waals surface area contributed by atoms with Gasteiger partial charge in [-0.15, -0.1) is 0 Å². The van der Waals surface area contributed by atoms with Crippen LogP contribution in [0.25, 0.3) is 33.4 Å². The number of H-pyrrole nitrogens is 1. The molecule has 0 unspecified atom stereocenters. The van der Waals surface area contributed by atoms with Gasteiger partial charge in [0.2, 0.25) is 0 Å². The van der Waals surface area contributed by atoms with Crippen LogP contribution in [0.3, 0.4) is 0 Å². The standard InChI is InChI=1S/C19H13N2/c1-2-7-15(8-3-1)19-20-13-18(21-19)17-11-10-14-6-4-5-9-16(14)12-17/h2-13H,(H,20,21). The number of fused-ring (bicyclic) bond motifs is 1. The van der Waals surface area contributed by atoms with Gasteiger partial charge in [0, 0.05) is 11.1 Å². The Labute approximate surface area is 123 Å². The lowest BCUT2D eigenvalue weighted by atomic mass is 10.1. The zero-order chi connectivity index (χ0) is 14.1. The first-order valence-electron chi connectivity index (χ1n) is 6.91. The molecular formula is C19H13N2. The van der Waals surface area contributed by atoms with Crippen LogP contribution in [0.5, 0.6) is 0 Å². The van der Waals surface area contributed by atoms with E-state index < -0.39 is 0 Å². The van der Waals surface area contributed by atoms with Crippen molar-refractivity contribution < 1.29 is 0 Å². The highest BCUT2D eigenvalue weighted by atomic mass is 14.9. The summed E-state index contributed by atoms with van der Waals surface area (Å²) in [4.78, 5) is 7.86. The van der Waals surface area contributed by atoms with E-state index in [-0.39, 0.29) is 0 Å². The van der Waals surface area contributed by atoms with E-state index in [0.717, 1.165) is 22.6 Å². The maximum absolute atomic E-state index is 4.47. The number of imidazole rings is 1. The predicted molar refractivity (Wildman–Crippen MR) is 85.8 cm³/mol.